The van der Waals surface area contributed by atoms with Gasteiger partial charge in [0, 0.05) is 17.4 Å². The number of fused-ring (bicyclic) bond motifs is 1. The van der Waals surface area contributed by atoms with Crippen LogP contribution < -0.4 is 5.73 Å². The van der Waals surface area contributed by atoms with Crippen molar-refractivity contribution in [3.63, 3.8) is 0 Å². The largest absolute Gasteiger partial charge is 0.398 e. The summed E-state index contributed by atoms with van der Waals surface area (Å²) in [5.41, 5.74) is 12.9. The molecule has 3 N–H and O–H groups in total. The minimum Gasteiger partial charge on any atom is -0.398 e. The van der Waals surface area contributed by atoms with Crippen molar-refractivity contribution in [1.82, 2.24) is 15.0 Å². The van der Waals surface area contributed by atoms with E-state index in [0.717, 1.165) is 39.4 Å². The molecule has 0 saturated carbocycles. The summed E-state index contributed by atoms with van der Waals surface area (Å²) in [5.74, 6) is 0.775. The second-order valence-corrected chi connectivity index (χ2v) is 5.01. The number of aryl methyl sites for hydroxylation is 3. The molecule has 0 aliphatic rings. The molecule has 2 aromatic heterocycles. The third-order valence-electron chi connectivity index (χ3n) is 3.26. The van der Waals surface area contributed by atoms with E-state index in [0.29, 0.717) is 0 Å². The van der Waals surface area contributed by atoms with Gasteiger partial charge in [-0.2, -0.15) is 0 Å². The number of nitrogen functional groups attached to an aromatic ring is 1. The number of nitrogens with two attached hydrogens (primary N) is 1. The van der Waals surface area contributed by atoms with Gasteiger partial charge < -0.3 is 10.7 Å². The predicted octanol–water partition coefficient (Wildman–Crippen LogP) is 3.13. The number of imidazole rings is 1. The number of benzene rings is 1. The van der Waals surface area contributed by atoms with E-state index in [-0.39, 0.29) is 0 Å². The van der Waals surface area contributed by atoms with E-state index in [1.807, 2.05) is 32.2 Å². The standard InChI is InChI=1S/C15H16N4/c1-8-4-10(3)13(16)11(5-8)14-18-12-6-9(2)7-17-15(12)19-14/h4-7H,16H2,1-3H3,(H,17,18,19). The van der Waals surface area contributed by atoms with Gasteiger partial charge in [0.05, 0.1) is 5.52 Å². The van der Waals surface area contributed by atoms with Crippen molar-refractivity contribution in [2.24, 2.45) is 0 Å². The molecule has 4 nitrogen and oxygen atoms in total. The summed E-state index contributed by atoms with van der Waals surface area (Å²) in [7, 11) is 0. The zero-order valence-electron chi connectivity index (χ0n) is 11.3. The number of nitrogens with one attached hydrogen (secondary N) is 1. The van der Waals surface area contributed by atoms with Gasteiger partial charge in [-0.3, -0.25) is 0 Å². The third kappa shape index (κ3) is 1.95. The van der Waals surface area contributed by atoms with E-state index in [1.54, 1.807) is 0 Å². The number of nitrogens with zero attached hydrogens (tertiary/aromatic N) is 2. The molecule has 0 unspecified atom stereocenters. The Bertz CT molecular complexity index is 771. The van der Waals surface area contributed by atoms with Crippen molar-refractivity contribution >= 4 is 16.9 Å². The predicted molar refractivity (Wildman–Crippen MR) is 77.9 cm³/mol. The molecule has 0 bridgehead atoms. The molecule has 0 saturated heterocycles. The van der Waals surface area contributed by atoms with Gasteiger partial charge in [-0.1, -0.05) is 6.07 Å². The number of H-pyrrole nitrogens is 1. The maximum Gasteiger partial charge on any atom is 0.178 e. The summed E-state index contributed by atoms with van der Waals surface area (Å²) < 4.78 is 0. The van der Waals surface area contributed by atoms with Gasteiger partial charge in [-0.15, -0.1) is 0 Å². The molecule has 4 heteroatoms. The molecule has 19 heavy (non-hydrogen) atoms. The Kier molecular flexibility index (Phi) is 2.52. The molecule has 96 valence electrons. The average Bonchev–Trinajstić information content (AvgIpc) is 2.76. The first-order valence-corrected chi connectivity index (χ1v) is 6.24. The highest BCUT2D eigenvalue weighted by Gasteiger charge is 2.11. The highest BCUT2D eigenvalue weighted by atomic mass is 15.0. The fraction of sp³-hybridized carbons (Fsp3) is 0.200. The first-order valence-electron chi connectivity index (χ1n) is 6.24. The number of aromatic amines is 1. The molecule has 3 aromatic rings. The van der Waals surface area contributed by atoms with Crippen LogP contribution in [0.2, 0.25) is 0 Å². The second kappa shape index (κ2) is 4.09. The topological polar surface area (TPSA) is 67.6 Å². The number of hydrogen-bond acceptors (Lipinski definition) is 3. The van der Waals surface area contributed by atoms with E-state index in [1.165, 1.54) is 5.56 Å². The Hall–Kier alpha value is -2.36. The highest BCUT2D eigenvalue weighted by Crippen LogP contribution is 2.29. The van der Waals surface area contributed by atoms with Crippen LogP contribution in [-0.4, -0.2) is 15.0 Å². The smallest absolute Gasteiger partial charge is 0.178 e. The Labute approximate surface area is 111 Å². The van der Waals surface area contributed by atoms with Gasteiger partial charge in [0.1, 0.15) is 5.82 Å². The number of aromatic nitrogens is 3. The Morgan fingerprint density at radius 3 is 2.63 bits per heavy atom. The van der Waals surface area contributed by atoms with Gasteiger partial charge in [-0.25, -0.2) is 9.97 Å². The Morgan fingerprint density at radius 1 is 1.05 bits per heavy atom. The first kappa shape index (κ1) is 11.7. The van der Waals surface area contributed by atoms with E-state index in [2.05, 4.69) is 27.9 Å². The van der Waals surface area contributed by atoms with E-state index >= 15 is 0 Å². The number of anilines is 1. The van der Waals surface area contributed by atoms with Crippen LogP contribution in [0.3, 0.4) is 0 Å². The summed E-state index contributed by atoms with van der Waals surface area (Å²) in [5, 5.41) is 0. The lowest BCUT2D eigenvalue weighted by molar-refractivity contribution is 1.27. The summed E-state index contributed by atoms with van der Waals surface area (Å²) in [6, 6.07) is 6.16. The van der Waals surface area contributed by atoms with Crippen molar-refractivity contribution in [3.8, 4) is 11.4 Å². The van der Waals surface area contributed by atoms with Crippen LogP contribution >= 0.6 is 0 Å². The summed E-state index contributed by atoms with van der Waals surface area (Å²) in [4.78, 5) is 12.1. The minimum absolute atomic E-state index is 0.721. The van der Waals surface area contributed by atoms with Crippen LogP contribution in [0.25, 0.3) is 22.6 Å². The van der Waals surface area contributed by atoms with Crippen molar-refractivity contribution in [2.45, 2.75) is 20.8 Å². The lowest BCUT2D eigenvalue weighted by Gasteiger charge is -2.07. The van der Waals surface area contributed by atoms with Crippen LogP contribution in [0.1, 0.15) is 16.7 Å². The molecular weight excluding hydrogens is 236 g/mol. The molecule has 0 amide bonds. The lowest BCUT2D eigenvalue weighted by atomic mass is 10.0. The average molecular weight is 252 g/mol. The third-order valence-corrected chi connectivity index (χ3v) is 3.26. The SMILES string of the molecule is Cc1cc(C)c(N)c(-c2nc3ncc(C)cc3[nH]2)c1. The molecule has 2 heterocycles. The number of hydrogen-bond donors (Lipinski definition) is 2. The van der Waals surface area contributed by atoms with Gasteiger partial charge >= 0.3 is 0 Å². The van der Waals surface area contributed by atoms with E-state index in [4.69, 9.17) is 5.73 Å². The van der Waals surface area contributed by atoms with E-state index < -0.39 is 0 Å². The molecule has 0 atom stereocenters. The van der Waals surface area contributed by atoms with Crippen LogP contribution in [0.15, 0.2) is 24.4 Å². The molecule has 0 fully saturated rings. The minimum atomic E-state index is 0.721. The van der Waals surface area contributed by atoms with Crippen LogP contribution in [-0.2, 0) is 0 Å². The maximum absolute atomic E-state index is 6.15. The zero-order chi connectivity index (χ0) is 13.6. The second-order valence-electron chi connectivity index (χ2n) is 5.01. The Morgan fingerprint density at radius 2 is 1.84 bits per heavy atom. The van der Waals surface area contributed by atoms with Crippen LogP contribution in [0.4, 0.5) is 5.69 Å². The van der Waals surface area contributed by atoms with Crippen molar-refractivity contribution < 1.29 is 0 Å². The summed E-state index contributed by atoms with van der Waals surface area (Å²) in [6.07, 6.45) is 1.82. The summed E-state index contributed by atoms with van der Waals surface area (Å²) in [6.45, 7) is 6.08. The zero-order valence-corrected chi connectivity index (χ0v) is 11.3. The monoisotopic (exact) mass is 252 g/mol. The lowest BCUT2D eigenvalue weighted by Crippen LogP contribution is -1.96. The highest BCUT2D eigenvalue weighted by molar-refractivity contribution is 5.81. The van der Waals surface area contributed by atoms with Crippen LogP contribution in [0.5, 0.6) is 0 Å². The first-order chi connectivity index (χ1) is 9.04. The summed E-state index contributed by atoms with van der Waals surface area (Å²) >= 11 is 0. The Balaban J connectivity index is 2.24. The molecule has 1 aromatic carbocycles. The van der Waals surface area contributed by atoms with Crippen LogP contribution in [0, 0.1) is 20.8 Å². The van der Waals surface area contributed by atoms with Gasteiger partial charge in [0.25, 0.3) is 0 Å². The molecule has 0 radical (unpaired) electrons. The fourth-order valence-corrected chi connectivity index (χ4v) is 2.31. The van der Waals surface area contributed by atoms with E-state index in [9.17, 15) is 0 Å². The van der Waals surface area contributed by atoms with Crippen molar-refractivity contribution in [2.75, 3.05) is 5.73 Å². The fourth-order valence-electron chi connectivity index (χ4n) is 2.31. The van der Waals surface area contributed by atoms with Gasteiger partial charge in [0.15, 0.2) is 5.65 Å². The van der Waals surface area contributed by atoms with Crippen molar-refractivity contribution in [3.05, 3.63) is 41.1 Å². The molecule has 3 rings (SSSR count). The normalized spacial score (nSPS) is 11.1. The van der Waals surface area contributed by atoms with Gasteiger partial charge in [-0.05, 0) is 49.6 Å². The van der Waals surface area contributed by atoms with Crippen molar-refractivity contribution in [1.29, 1.82) is 0 Å². The molecule has 0 aliphatic carbocycles. The quantitative estimate of drug-likeness (QED) is 0.654. The molecule has 0 aliphatic heterocycles. The number of rotatable bonds is 1. The molecule has 0 spiro atoms. The molecular formula is C15H16N4. The number of pyridine rings is 1. The van der Waals surface area contributed by atoms with Gasteiger partial charge in [0.2, 0.25) is 0 Å². The maximum atomic E-state index is 6.15.